The number of esters is 1. The van der Waals surface area contributed by atoms with Gasteiger partial charge in [-0.3, -0.25) is 4.79 Å². The number of hydrogen-bond acceptors (Lipinski definition) is 5. The van der Waals surface area contributed by atoms with Crippen LogP contribution in [0.5, 0.6) is 0 Å². The van der Waals surface area contributed by atoms with Gasteiger partial charge in [-0.25, -0.2) is 4.79 Å². The van der Waals surface area contributed by atoms with Gasteiger partial charge in [0.2, 0.25) is 0 Å². The van der Waals surface area contributed by atoms with Crippen LogP contribution in [0.25, 0.3) is 0 Å². The molecule has 1 aliphatic rings. The molecule has 0 aliphatic carbocycles. The Bertz CT molecular complexity index is 780. The van der Waals surface area contributed by atoms with E-state index in [1.807, 2.05) is 30.3 Å². The topological polar surface area (TPSA) is 84.9 Å². The van der Waals surface area contributed by atoms with E-state index in [1.54, 1.807) is 25.1 Å². The van der Waals surface area contributed by atoms with Crippen LogP contribution in [0.15, 0.2) is 48.5 Å². The molecule has 0 spiro atoms. The molecule has 2 N–H and O–H groups in total. The number of fused-ring (bicyclic) bond motifs is 1. The predicted octanol–water partition coefficient (Wildman–Crippen LogP) is 0.766. The summed E-state index contributed by atoms with van der Waals surface area (Å²) in [5, 5.41) is 12.3. The molecule has 2 aromatic rings. The average molecular weight is 339 g/mol. The van der Waals surface area contributed by atoms with Gasteiger partial charge < -0.3 is 19.7 Å². The highest BCUT2D eigenvalue weighted by atomic mass is 16.5. The first-order valence-electron chi connectivity index (χ1n) is 7.98. The summed E-state index contributed by atoms with van der Waals surface area (Å²) < 4.78 is 10.3. The van der Waals surface area contributed by atoms with E-state index in [9.17, 15) is 14.6 Å². The Morgan fingerprint density at radius 3 is 2.80 bits per heavy atom. The minimum atomic E-state index is -1.02. The Balaban J connectivity index is 1.57. The molecular formula is C18H18BNO5. The number of carbonyl (C=O) groups excluding carboxylic acids is 2. The summed E-state index contributed by atoms with van der Waals surface area (Å²) in [6.45, 7) is 2.04. The monoisotopic (exact) mass is 339 g/mol. The van der Waals surface area contributed by atoms with Crippen LogP contribution >= 0.6 is 0 Å². The first-order chi connectivity index (χ1) is 12.0. The second-order valence-corrected chi connectivity index (χ2v) is 5.87. The Morgan fingerprint density at radius 2 is 2.04 bits per heavy atom. The number of amides is 1. The molecule has 1 amide bonds. The highest BCUT2D eigenvalue weighted by molar-refractivity contribution is 6.61. The Morgan fingerprint density at radius 1 is 1.28 bits per heavy atom. The zero-order valence-corrected chi connectivity index (χ0v) is 13.8. The summed E-state index contributed by atoms with van der Waals surface area (Å²) in [6.07, 6.45) is 0. The largest absolute Gasteiger partial charge is 0.491 e. The second-order valence-electron chi connectivity index (χ2n) is 5.87. The van der Waals surface area contributed by atoms with Crippen LogP contribution in [0.1, 0.15) is 28.4 Å². The number of carbonyl (C=O) groups is 2. The molecule has 0 unspecified atom stereocenters. The lowest BCUT2D eigenvalue weighted by Crippen LogP contribution is -2.40. The lowest BCUT2D eigenvalue weighted by Gasteiger charge is -2.14. The maximum atomic E-state index is 12.3. The van der Waals surface area contributed by atoms with Crippen LogP contribution in [0, 0.1) is 0 Å². The quantitative estimate of drug-likeness (QED) is 0.621. The van der Waals surface area contributed by atoms with Gasteiger partial charge in [-0.05, 0) is 35.6 Å². The van der Waals surface area contributed by atoms with Gasteiger partial charge in [0, 0.05) is 5.56 Å². The summed E-state index contributed by atoms with van der Waals surface area (Å²) in [5.74, 6) is -0.923. The predicted molar refractivity (Wildman–Crippen MR) is 92.0 cm³/mol. The van der Waals surface area contributed by atoms with Crippen LogP contribution in [-0.4, -0.2) is 30.1 Å². The molecule has 0 saturated heterocycles. The molecule has 128 valence electrons. The Labute approximate surface area is 145 Å². The number of ether oxygens (including phenoxy) is 1. The molecule has 0 fully saturated rings. The van der Waals surface area contributed by atoms with Gasteiger partial charge in [0.05, 0.1) is 6.61 Å². The van der Waals surface area contributed by atoms with E-state index >= 15 is 0 Å². The van der Waals surface area contributed by atoms with E-state index in [1.165, 1.54) is 0 Å². The maximum absolute atomic E-state index is 12.3. The lowest BCUT2D eigenvalue weighted by molar-refractivity contribution is -0.146. The van der Waals surface area contributed by atoms with E-state index < -0.39 is 25.0 Å². The fourth-order valence-electron chi connectivity index (χ4n) is 2.55. The molecular weight excluding hydrogens is 321 g/mol. The molecule has 25 heavy (non-hydrogen) atoms. The van der Waals surface area contributed by atoms with Crippen LogP contribution < -0.4 is 10.8 Å². The molecule has 0 bridgehead atoms. The van der Waals surface area contributed by atoms with Crippen molar-refractivity contribution in [3.8, 4) is 0 Å². The summed E-state index contributed by atoms with van der Waals surface area (Å²) in [4.78, 5) is 24.3. The van der Waals surface area contributed by atoms with E-state index in [0.29, 0.717) is 17.6 Å². The number of hydrogen-bond donors (Lipinski definition) is 2. The fraction of sp³-hybridized carbons (Fsp3) is 0.222. The van der Waals surface area contributed by atoms with Gasteiger partial charge in [0.15, 0.2) is 0 Å². The zero-order chi connectivity index (χ0) is 17.8. The van der Waals surface area contributed by atoms with Gasteiger partial charge in [0.25, 0.3) is 5.91 Å². The van der Waals surface area contributed by atoms with E-state index in [4.69, 9.17) is 9.39 Å². The fourth-order valence-corrected chi connectivity index (χ4v) is 2.55. The van der Waals surface area contributed by atoms with Crippen molar-refractivity contribution in [3.63, 3.8) is 0 Å². The van der Waals surface area contributed by atoms with Gasteiger partial charge >= 0.3 is 13.1 Å². The van der Waals surface area contributed by atoms with E-state index in [-0.39, 0.29) is 6.61 Å². The molecule has 3 rings (SSSR count). The van der Waals surface area contributed by atoms with Crippen molar-refractivity contribution in [1.82, 2.24) is 5.32 Å². The first kappa shape index (κ1) is 17.2. The van der Waals surface area contributed by atoms with Gasteiger partial charge in [-0.2, -0.15) is 0 Å². The summed E-state index contributed by atoms with van der Waals surface area (Å²) in [6, 6.07) is 13.5. The molecule has 2 aromatic carbocycles. The highest BCUT2D eigenvalue weighted by Gasteiger charge is 2.28. The summed E-state index contributed by atoms with van der Waals surface area (Å²) in [5.41, 5.74) is 2.65. The molecule has 0 radical (unpaired) electrons. The minimum absolute atomic E-state index is 0.155. The van der Waals surface area contributed by atoms with Crippen molar-refractivity contribution in [2.75, 3.05) is 0 Å². The third-order valence-electron chi connectivity index (χ3n) is 4.00. The first-order valence-corrected chi connectivity index (χ1v) is 7.98. The van der Waals surface area contributed by atoms with E-state index in [0.717, 1.165) is 11.1 Å². The molecule has 1 heterocycles. The third-order valence-corrected chi connectivity index (χ3v) is 4.00. The molecule has 6 nitrogen and oxygen atoms in total. The molecule has 7 heteroatoms. The maximum Gasteiger partial charge on any atom is 0.491 e. The Kier molecular flexibility index (Phi) is 5.16. The highest BCUT2D eigenvalue weighted by Crippen LogP contribution is 2.11. The molecule has 0 aromatic heterocycles. The van der Waals surface area contributed by atoms with Crippen LogP contribution in [-0.2, 0) is 27.4 Å². The van der Waals surface area contributed by atoms with Crippen LogP contribution in [0.4, 0.5) is 0 Å². The number of nitrogens with one attached hydrogen (secondary N) is 1. The third kappa shape index (κ3) is 4.07. The standard InChI is InChI=1S/C18H18BNO5/c1-12(18(22)24-10-13-5-3-2-4-6-13)20-17(21)14-7-8-15-11-25-19(23)16(15)9-14/h2-9,12,23H,10-11H2,1H3,(H,20,21)/t12-/m1/s1. The lowest BCUT2D eigenvalue weighted by atomic mass is 9.79. The SMILES string of the molecule is C[C@@H](NC(=O)c1ccc2c(c1)B(O)OC2)C(=O)OCc1ccccc1. The van der Waals surface area contributed by atoms with Crippen molar-refractivity contribution < 1.29 is 24.0 Å². The van der Waals surface area contributed by atoms with Crippen molar-refractivity contribution in [2.24, 2.45) is 0 Å². The normalized spacial score (nSPS) is 13.9. The zero-order valence-electron chi connectivity index (χ0n) is 13.8. The summed E-state index contributed by atoms with van der Waals surface area (Å²) >= 11 is 0. The average Bonchev–Trinajstić information content (AvgIpc) is 3.01. The van der Waals surface area contributed by atoms with Crippen molar-refractivity contribution in [2.45, 2.75) is 26.2 Å². The second kappa shape index (κ2) is 7.50. The minimum Gasteiger partial charge on any atom is -0.459 e. The van der Waals surface area contributed by atoms with Crippen molar-refractivity contribution in [1.29, 1.82) is 0 Å². The van der Waals surface area contributed by atoms with Crippen LogP contribution in [0.2, 0.25) is 0 Å². The smallest absolute Gasteiger partial charge is 0.459 e. The van der Waals surface area contributed by atoms with Crippen molar-refractivity contribution in [3.05, 3.63) is 65.2 Å². The van der Waals surface area contributed by atoms with Gasteiger partial charge in [-0.1, -0.05) is 36.4 Å². The Hall–Kier alpha value is -2.64. The molecule has 0 saturated carbocycles. The summed E-state index contributed by atoms with van der Waals surface area (Å²) in [7, 11) is -1.02. The van der Waals surface area contributed by atoms with Crippen LogP contribution in [0.3, 0.4) is 0 Å². The molecule has 1 aliphatic heterocycles. The number of benzene rings is 2. The van der Waals surface area contributed by atoms with E-state index in [2.05, 4.69) is 5.32 Å². The molecule has 1 atom stereocenters. The van der Waals surface area contributed by atoms with Crippen molar-refractivity contribution >= 4 is 24.5 Å². The number of rotatable bonds is 5. The van der Waals surface area contributed by atoms with Gasteiger partial charge in [0.1, 0.15) is 12.6 Å². The van der Waals surface area contributed by atoms with Gasteiger partial charge in [-0.15, -0.1) is 0 Å².